The van der Waals surface area contributed by atoms with Crippen molar-refractivity contribution >= 4 is 38.8 Å². The number of hydrogen-bond donors (Lipinski definition) is 1. The zero-order valence-corrected chi connectivity index (χ0v) is 21.4. The molecule has 0 spiro atoms. The summed E-state index contributed by atoms with van der Waals surface area (Å²) >= 11 is 3.40. The van der Waals surface area contributed by atoms with Gasteiger partial charge in [-0.1, -0.05) is 61.8 Å². The highest BCUT2D eigenvalue weighted by Gasteiger charge is 2.20. The number of imidazole rings is 1. The van der Waals surface area contributed by atoms with Crippen molar-refractivity contribution in [1.29, 1.82) is 0 Å². The Labute approximate surface area is 204 Å². The van der Waals surface area contributed by atoms with E-state index in [0.717, 1.165) is 34.4 Å². The fourth-order valence-electron chi connectivity index (χ4n) is 3.91. The van der Waals surface area contributed by atoms with Crippen LogP contribution < -0.4 is 5.32 Å². The highest BCUT2D eigenvalue weighted by Crippen LogP contribution is 2.18. The molecule has 0 atom stereocenters. The molecule has 176 valence electrons. The van der Waals surface area contributed by atoms with Crippen molar-refractivity contribution in [2.45, 2.75) is 40.7 Å². The fourth-order valence-corrected chi connectivity index (χ4v) is 4.31. The van der Waals surface area contributed by atoms with E-state index in [1.54, 1.807) is 12.1 Å². The summed E-state index contributed by atoms with van der Waals surface area (Å²) in [5.41, 5.74) is 2.40. The van der Waals surface area contributed by atoms with Crippen molar-refractivity contribution in [3.63, 3.8) is 0 Å². The number of halogens is 1. The number of fused-ring (bicyclic) bond motifs is 1. The second-order valence-corrected chi connectivity index (χ2v) is 10.1. The quantitative estimate of drug-likeness (QED) is 0.419. The third kappa shape index (κ3) is 6.90. The van der Waals surface area contributed by atoms with Crippen LogP contribution >= 0.6 is 15.9 Å². The lowest BCUT2D eigenvalue weighted by molar-refractivity contribution is -0.132. The second-order valence-electron chi connectivity index (χ2n) is 9.21. The number of benzene rings is 2. The van der Waals surface area contributed by atoms with Crippen molar-refractivity contribution < 1.29 is 9.59 Å². The lowest BCUT2D eigenvalue weighted by Crippen LogP contribution is -2.39. The zero-order chi connectivity index (χ0) is 24.0. The van der Waals surface area contributed by atoms with Crippen LogP contribution in [-0.4, -0.2) is 45.9 Å². The molecule has 2 aromatic carbocycles. The van der Waals surface area contributed by atoms with Crippen LogP contribution in [-0.2, 0) is 17.8 Å². The molecule has 1 N–H and O–H groups in total. The van der Waals surface area contributed by atoms with E-state index in [9.17, 15) is 9.59 Å². The normalized spacial score (nSPS) is 11.4. The van der Waals surface area contributed by atoms with Crippen LogP contribution in [0.2, 0.25) is 0 Å². The summed E-state index contributed by atoms with van der Waals surface area (Å²) in [5.74, 6) is 1.57. The number of amides is 2. The van der Waals surface area contributed by atoms with Gasteiger partial charge in [-0.2, -0.15) is 0 Å². The first-order valence-electron chi connectivity index (χ1n) is 11.5. The SMILES string of the molecule is CC(C)CN(CC(C)C)C(=O)Cn1c(CCNC(=O)c2cccc(Br)c2)nc2ccccc21. The predicted molar refractivity (Wildman–Crippen MR) is 136 cm³/mol. The van der Waals surface area contributed by atoms with Gasteiger partial charge in [0.1, 0.15) is 12.4 Å². The standard InChI is InChI=1S/C26H33BrN4O2/c1-18(2)15-30(16-19(3)4)25(32)17-31-23-11-6-5-10-22(23)29-24(31)12-13-28-26(33)20-8-7-9-21(27)14-20/h5-11,14,18-19H,12-13,15-17H2,1-4H3,(H,28,33). The van der Waals surface area contributed by atoms with Crippen molar-refractivity contribution in [3.05, 3.63) is 64.4 Å². The number of para-hydroxylation sites is 2. The third-order valence-electron chi connectivity index (χ3n) is 5.27. The number of aromatic nitrogens is 2. The molecule has 0 aliphatic heterocycles. The van der Waals surface area contributed by atoms with E-state index in [0.29, 0.717) is 30.4 Å². The minimum absolute atomic E-state index is 0.0972. The van der Waals surface area contributed by atoms with E-state index in [1.165, 1.54) is 0 Å². The van der Waals surface area contributed by atoms with E-state index < -0.39 is 0 Å². The maximum absolute atomic E-state index is 13.3. The molecule has 3 aromatic rings. The average molecular weight is 513 g/mol. The number of nitrogens with one attached hydrogen (secondary N) is 1. The van der Waals surface area contributed by atoms with Crippen LogP contribution in [0.1, 0.15) is 43.9 Å². The van der Waals surface area contributed by atoms with Gasteiger partial charge in [0.25, 0.3) is 5.91 Å². The first-order chi connectivity index (χ1) is 15.7. The molecule has 0 unspecified atom stereocenters. The van der Waals surface area contributed by atoms with Crippen molar-refractivity contribution in [1.82, 2.24) is 19.8 Å². The Morgan fingerprint density at radius 3 is 2.39 bits per heavy atom. The van der Waals surface area contributed by atoms with Crippen LogP contribution in [0.25, 0.3) is 11.0 Å². The summed E-state index contributed by atoms with van der Waals surface area (Å²) in [5, 5.41) is 2.97. The molecular weight excluding hydrogens is 480 g/mol. The number of rotatable bonds is 10. The summed E-state index contributed by atoms with van der Waals surface area (Å²) in [6.45, 7) is 10.7. The smallest absolute Gasteiger partial charge is 0.251 e. The van der Waals surface area contributed by atoms with Crippen molar-refractivity contribution in [3.8, 4) is 0 Å². The van der Waals surface area contributed by atoms with Gasteiger partial charge >= 0.3 is 0 Å². The Bertz CT molecular complexity index is 1100. The molecule has 1 heterocycles. The van der Waals surface area contributed by atoms with E-state index >= 15 is 0 Å². The summed E-state index contributed by atoms with van der Waals surface area (Å²) in [7, 11) is 0. The Morgan fingerprint density at radius 2 is 1.73 bits per heavy atom. The van der Waals surface area contributed by atoms with Crippen LogP contribution in [0.4, 0.5) is 0 Å². The molecule has 0 radical (unpaired) electrons. The number of nitrogens with zero attached hydrogens (tertiary/aromatic N) is 3. The van der Waals surface area contributed by atoms with E-state index in [-0.39, 0.29) is 18.4 Å². The molecule has 0 fully saturated rings. The minimum atomic E-state index is -0.130. The van der Waals surface area contributed by atoms with Crippen LogP contribution in [0.15, 0.2) is 53.0 Å². The third-order valence-corrected chi connectivity index (χ3v) is 5.76. The number of carbonyl (C=O) groups is 2. The topological polar surface area (TPSA) is 67.2 Å². The Kier molecular flexibility index (Phi) is 8.67. The molecule has 7 heteroatoms. The molecule has 6 nitrogen and oxygen atoms in total. The molecule has 0 aliphatic carbocycles. The maximum atomic E-state index is 13.3. The first-order valence-corrected chi connectivity index (χ1v) is 12.3. The number of carbonyl (C=O) groups excluding carboxylic acids is 2. The average Bonchev–Trinajstić information content (AvgIpc) is 3.10. The first kappa shape index (κ1) is 25.0. The summed E-state index contributed by atoms with van der Waals surface area (Å²) in [6.07, 6.45) is 0.538. The monoisotopic (exact) mass is 512 g/mol. The highest BCUT2D eigenvalue weighted by molar-refractivity contribution is 9.10. The van der Waals surface area contributed by atoms with E-state index in [4.69, 9.17) is 4.98 Å². The van der Waals surface area contributed by atoms with Gasteiger partial charge in [-0.25, -0.2) is 4.98 Å². The van der Waals surface area contributed by atoms with Crippen LogP contribution in [0.3, 0.4) is 0 Å². The van der Waals surface area contributed by atoms with Gasteiger partial charge < -0.3 is 14.8 Å². The fraction of sp³-hybridized carbons (Fsp3) is 0.423. The molecule has 0 saturated carbocycles. The summed E-state index contributed by atoms with van der Waals surface area (Å²) in [6, 6.07) is 15.2. The second kappa shape index (κ2) is 11.5. The zero-order valence-electron chi connectivity index (χ0n) is 19.8. The highest BCUT2D eigenvalue weighted by atomic mass is 79.9. The molecule has 1 aromatic heterocycles. The van der Waals surface area contributed by atoms with Gasteiger partial charge in [-0.3, -0.25) is 9.59 Å². The van der Waals surface area contributed by atoms with Crippen molar-refractivity contribution in [2.75, 3.05) is 19.6 Å². The van der Waals surface area contributed by atoms with E-state index in [2.05, 4.69) is 48.9 Å². The van der Waals surface area contributed by atoms with Crippen molar-refractivity contribution in [2.24, 2.45) is 11.8 Å². The van der Waals surface area contributed by atoms with Gasteiger partial charge in [0.05, 0.1) is 11.0 Å². The molecule has 0 bridgehead atoms. The minimum Gasteiger partial charge on any atom is -0.352 e. The van der Waals surface area contributed by atoms with Gasteiger partial charge in [0, 0.05) is 36.1 Å². The molecule has 3 rings (SSSR count). The largest absolute Gasteiger partial charge is 0.352 e. The molecule has 2 amide bonds. The molecular formula is C26H33BrN4O2. The molecule has 0 saturated heterocycles. The van der Waals surface area contributed by atoms with Gasteiger partial charge in [-0.05, 0) is 42.2 Å². The van der Waals surface area contributed by atoms with Gasteiger partial charge in [0.15, 0.2) is 0 Å². The lowest BCUT2D eigenvalue weighted by atomic mass is 10.1. The van der Waals surface area contributed by atoms with Crippen LogP contribution in [0.5, 0.6) is 0 Å². The van der Waals surface area contributed by atoms with Gasteiger partial charge in [0.2, 0.25) is 5.91 Å². The Balaban J connectivity index is 1.76. The Hall–Kier alpha value is -2.67. The molecule has 33 heavy (non-hydrogen) atoms. The maximum Gasteiger partial charge on any atom is 0.251 e. The Morgan fingerprint density at radius 1 is 1.03 bits per heavy atom. The predicted octanol–water partition coefficient (Wildman–Crippen LogP) is 4.91. The lowest BCUT2D eigenvalue weighted by Gasteiger charge is -2.27. The summed E-state index contributed by atoms with van der Waals surface area (Å²) in [4.78, 5) is 32.5. The van der Waals surface area contributed by atoms with E-state index in [1.807, 2.05) is 45.9 Å². The number of hydrogen-bond acceptors (Lipinski definition) is 3. The van der Waals surface area contributed by atoms with Crippen LogP contribution in [0, 0.1) is 11.8 Å². The molecule has 0 aliphatic rings. The van der Waals surface area contributed by atoms with Gasteiger partial charge in [-0.15, -0.1) is 0 Å². The summed E-state index contributed by atoms with van der Waals surface area (Å²) < 4.78 is 2.86.